The Kier molecular flexibility index (Phi) is 5.47. The summed E-state index contributed by atoms with van der Waals surface area (Å²) < 4.78 is 0. The molecule has 2 aromatic carbocycles. The van der Waals surface area contributed by atoms with E-state index in [0.29, 0.717) is 34.7 Å². The lowest BCUT2D eigenvalue weighted by Gasteiger charge is -2.23. The van der Waals surface area contributed by atoms with Crippen LogP contribution in [0.1, 0.15) is 43.2 Å². The fourth-order valence-corrected chi connectivity index (χ4v) is 5.17. The van der Waals surface area contributed by atoms with Crippen molar-refractivity contribution in [2.45, 2.75) is 18.9 Å². The fourth-order valence-electron chi connectivity index (χ4n) is 4.22. The van der Waals surface area contributed by atoms with Crippen molar-refractivity contribution in [3.8, 4) is 0 Å². The number of hydrogen-bond donors (Lipinski definition) is 1. The van der Waals surface area contributed by atoms with Crippen LogP contribution in [0.3, 0.4) is 0 Å². The predicted molar refractivity (Wildman–Crippen MR) is 126 cm³/mol. The third-order valence-electron chi connectivity index (χ3n) is 5.80. The van der Waals surface area contributed by atoms with Crippen LogP contribution in [0.4, 0.5) is 11.4 Å². The molecule has 4 amide bonds. The first kappa shape index (κ1) is 21.4. The molecule has 0 spiro atoms. The molecule has 3 aromatic rings. The molecule has 1 N–H and O–H groups in total. The molecular weight excluding hydrogens is 462 g/mol. The Morgan fingerprint density at radius 3 is 2.36 bits per heavy atom. The Bertz CT molecular complexity index is 1260. The molecule has 1 atom stereocenters. The molecule has 33 heavy (non-hydrogen) atoms. The zero-order valence-corrected chi connectivity index (χ0v) is 18.9. The van der Waals surface area contributed by atoms with Crippen LogP contribution in [0.25, 0.3) is 0 Å². The van der Waals surface area contributed by atoms with Gasteiger partial charge in [0.2, 0.25) is 5.91 Å². The lowest BCUT2D eigenvalue weighted by molar-refractivity contribution is -0.119. The fraction of sp³-hybridized carbons (Fsp3) is 0.167. The molecule has 1 saturated heterocycles. The first-order valence-electron chi connectivity index (χ1n) is 10.4. The van der Waals surface area contributed by atoms with Crippen LogP contribution in [0.5, 0.6) is 0 Å². The number of anilines is 2. The molecule has 9 heteroatoms. The quantitative estimate of drug-likeness (QED) is 0.560. The zero-order valence-electron chi connectivity index (χ0n) is 17.3. The van der Waals surface area contributed by atoms with E-state index in [0.717, 1.165) is 11.3 Å². The van der Waals surface area contributed by atoms with Gasteiger partial charge in [-0.15, -0.1) is 11.3 Å². The highest BCUT2D eigenvalue weighted by atomic mass is 35.5. The Morgan fingerprint density at radius 1 is 1.00 bits per heavy atom. The predicted octanol–water partition coefficient (Wildman–Crippen LogP) is 4.45. The average Bonchev–Trinajstić information content (AvgIpc) is 3.56. The van der Waals surface area contributed by atoms with Gasteiger partial charge in [-0.05, 0) is 54.6 Å². The van der Waals surface area contributed by atoms with Gasteiger partial charge in [0.05, 0.1) is 26.7 Å². The van der Waals surface area contributed by atoms with E-state index >= 15 is 0 Å². The van der Waals surface area contributed by atoms with E-state index in [9.17, 15) is 19.2 Å². The standard InChI is InChI=1S/C24H18ClN3O4S/c25-17-13-14(9-10-18(17)28-22(30)15-5-1-2-6-16(15)23(28)31)26-21(29)19-7-3-11-27(19)24(32)20-8-4-12-33-20/h1-2,4-6,8-10,12-13,19H,3,7,11H2,(H,26,29)/t19-/m0/s1. The van der Waals surface area contributed by atoms with E-state index in [1.165, 1.54) is 23.5 Å². The number of carbonyl (C=O) groups is 4. The number of nitrogens with one attached hydrogen (secondary N) is 1. The highest BCUT2D eigenvalue weighted by Crippen LogP contribution is 2.35. The molecule has 7 nitrogen and oxygen atoms in total. The Hall–Kier alpha value is -3.49. The number of amides is 4. The first-order chi connectivity index (χ1) is 16.0. The van der Waals surface area contributed by atoms with Crippen LogP contribution >= 0.6 is 22.9 Å². The van der Waals surface area contributed by atoms with E-state index in [4.69, 9.17) is 11.6 Å². The van der Waals surface area contributed by atoms with Gasteiger partial charge in [-0.1, -0.05) is 29.8 Å². The zero-order chi connectivity index (χ0) is 23.1. The van der Waals surface area contributed by atoms with E-state index in [2.05, 4.69) is 5.32 Å². The van der Waals surface area contributed by atoms with Crippen LogP contribution < -0.4 is 10.2 Å². The van der Waals surface area contributed by atoms with E-state index in [1.54, 1.807) is 47.4 Å². The van der Waals surface area contributed by atoms with Gasteiger partial charge in [-0.2, -0.15) is 0 Å². The largest absolute Gasteiger partial charge is 0.326 e. The number of thiophene rings is 1. The molecule has 2 aliphatic rings. The summed E-state index contributed by atoms with van der Waals surface area (Å²) in [6.45, 7) is 0.522. The maximum absolute atomic E-state index is 12.9. The summed E-state index contributed by atoms with van der Waals surface area (Å²) in [6, 6.07) is 14.2. The molecule has 0 unspecified atom stereocenters. The Labute approximate surface area is 198 Å². The van der Waals surface area contributed by atoms with Gasteiger partial charge < -0.3 is 10.2 Å². The van der Waals surface area contributed by atoms with Crippen molar-refractivity contribution >= 4 is 57.9 Å². The maximum Gasteiger partial charge on any atom is 0.266 e. The highest BCUT2D eigenvalue weighted by Gasteiger charge is 2.38. The summed E-state index contributed by atoms with van der Waals surface area (Å²) in [4.78, 5) is 54.4. The highest BCUT2D eigenvalue weighted by molar-refractivity contribution is 7.12. The monoisotopic (exact) mass is 479 g/mol. The number of imide groups is 1. The number of rotatable bonds is 4. The van der Waals surface area contributed by atoms with Gasteiger partial charge in [0.1, 0.15) is 6.04 Å². The minimum Gasteiger partial charge on any atom is -0.326 e. The molecule has 2 aliphatic heterocycles. The number of benzene rings is 2. The molecule has 0 saturated carbocycles. The van der Waals surface area contributed by atoms with Crippen molar-refractivity contribution in [3.05, 3.63) is 81.0 Å². The van der Waals surface area contributed by atoms with E-state index < -0.39 is 17.9 Å². The number of halogens is 1. The number of hydrogen-bond acceptors (Lipinski definition) is 5. The molecule has 0 aliphatic carbocycles. The molecule has 1 fully saturated rings. The topological polar surface area (TPSA) is 86.8 Å². The normalized spacial score (nSPS) is 17.4. The van der Waals surface area contributed by atoms with Gasteiger partial charge in [-0.25, -0.2) is 4.90 Å². The summed E-state index contributed by atoms with van der Waals surface area (Å²) in [6.07, 6.45) is 1.32. The second kappa shape index (κ2) is 8.46. The minimum atomic E-state index is -0.575. The van der Waals surface area contributed by atoms with Crippen molar-refractivity contribution in [3.63, 3.8) is 0 Å². The smallest absolute Gasteiger partial charge is 0.266 e. The molecule has 0 radical (unpaired) electrons. The second-order valence-corrected chi connectivity index (χ2v) is 9.14. The molecule has 5 rings (SSSR count). The van der Waals surface area contributed by atoms with Crippen molar-refractivity contribution in [1.82, 2.24) is 4.90 Å². The lowest BCUT2D eigenvalue weighted by atomic mass is 10.1. The van der Waals surface area contributed by atoms with E-state index in [-0.39, 0.29) is 22.5 Å². The van der Waals surface area contributed by atoms with Crippen LogP contribution in [-0.4, -0.2) is 41.1 Å². The number of carbonyl (C=O) groups excluding carboxylic acids is 4. The molecular formula is C24H18ClN3O4S. The number of likely N-dealkylation sites (tertiary alicyclic amines) is 1. The van der Waals surface area contributed by atoms with Crippen LogP contribution in [0.2, 0.25) is 5.02 Å². The van der Waals surface area contributed by atoms with Gasteiger partial charge in [-0.3, -0.25) is 19.2 Å². The minimum absolute atomic E-state index is 0.151. The van der Waals surface area contributed by atoms with Crippen molar-refractivity contribution in [2.75, 3.05) is 16.8 Å². The van der Waals surface area contributed by atoms with Crippen LogP contribution in [0, 0.1) is 0 Å². The number of nitrogens with zero attached hydrogens (tertiary/aromatic N) is 2. The Morgan fingerprint density at radius 2 is 1.73 bits per heavy atom. The summed E-state index contributed by atoms with van der Waals surface area (Å²) in [5, 5.41) is 4.79. The molecule has 3 heterocycles. The van der Waals surface area contributed by atoms with Crippen LogP contribution in [0.15, 0.2) is 60.0 Å². The second-order valence-electron chi connectivity index (χ2n) is 7.78. The SMILES string of the molecule is O=C(Nc1ccc(N2C(=O)c3ccccc3C2=O)c(Cl)c1)[C@@H]1CCCN1C(=O)c1cccs1. The van der Waals surface area contributed by atoms with Gasteiger partial charge in [0.15, 0.2) is 0 Å². The first-order valence-corrected chi connectivity index (χ1v) is 11.6. The molecule has 166 valence electrons. The molecule has 0 bridgehead atoms. The summed E-state index contributed by atoms with van der Waals surface area (Å²) in [5.74, 6) is -1.34. The van der Waals surface area contributed by atoms with Crippen LogP contribution in [-0.2, 0) is 4.79 Å². The molecule has 1 aromatic heterocycles. The van der Waals surface area contributed by atoms with Gasteiger partial charge in [0.25, 0.3) is 17.7 Å². The summed E-state index contributed by atoms with van der Waals surface area (Å²) >= 11 is 7.76. The van der Waals surface area contributed by atoms with E-state index in [1.807, 2.05) is 5.38 Å². The number of fused-ring (bicyclic) bond motifs is 1. The third kappa shape index (κ3) is 3.71. The third-order valence-corrected chi connectivity index (χ3v) is 6.96. The summed E-state index contributed by atoms with van der Waals surface area (Å²) in [5.41, 5.74) is 1.32. The summed E-state index contributed by atoms with van der Waals surface area (Å²) in [7, 11) is 0. The van der Waals surface area contributed by atoms with Crippen molar-refractivity contribution in [1.29, 1.82) is 0 Å². The van der Waals surface area contributed by atoms with Gasteiger partial charge >= 0.3 is 0 Å². The average molecular weight is 480 g/mol. The Balaban J connectivity index is 1.33. The van der Waals surface area contributed by atoms with Gasteiger partial charge in [0, 0.05) is 12.2 Å². The van der Waals surface area contributed by atoms with Crippen molar-refractivity contribution < 1.29 is 19.2 Å². The van der Waals surface area contributed by atoms with Crippen molar-refractivity contribution in [2.24, 2.45) is 0 Å². The lowest BCUT2D eigenvalue weighted by Crippen LogP contribution is -2.43. The maximum atomic E-state index is 12.9.